The third-order valence-corrected chi connectivity index (χ3v) is 3.11. The summed E-state index contributed by atoms with van der Waals surface area (Å²) in [5.41, 5.74) is 0.409. The maximum atomic E-state index is 11.7. The summed E-state index contributed by atoms with van der Waals surface area (Å²) in [7, 11) is 1.36. The van der Waals surface area contributed by atoms with Gasteiger partial charge in [0.2, 0.25) is 5.89 Å². The van der Waals surface area contributed by atoms with Crippen LogP contribution in [0.15, 0.2) is 22.6 Å². The zero-order valence-electron chi connectivity index (χ0n) is 9.27. The van der Waals surface area contributed by atoms with Crippen molar-refractivity contribution in [3.05, 3.63) is 24.1 Å². The molecule has 88 valence electrons. The highest BCUT2D eigenvalue weighted by molar-refractivity contribution is 5.86. The molecule has 1 heterocycles. The van der Waals surface area contributed by atoms with Gasteiger partial charge in [-0.3, -0.25) is 4.79 Å². The molecule has 1 saturated carbocycles. The normalized spacial score (nSPS) is 17.0. The largest absolute Gasteiger partial charge is 0.508 e. The zero-order valence-corrected chi connectivity index (χ0v) is 9.27. The number of oxazole rings is 1. The number of phenols is 1. The van der Waals surface area contributed by atoms with E-state index >= 15 is 0 Å². The van der Waals surface area contributed by atoms with Crippen molar-refractivity contribution in [2.75, 3.05) is 7.11 Å². The summed E-state index contributed by atoms with van der Waals surface area (Å²) < 4.78 is 10.3. The highest BCUT2D eigenvalue weighted by Gasteiger charge is 2.56. The van der Waals surface area contributed by atoms with Crippen LogP contribution in [0.1, 0.15) is 18.7 Å². The van der Waals surface area contributed by atoms with Gasteiger partial charge in [-0.25, -0.2) is 4.98 Å². The number of nitrogens with zero attached hydrogens (tertiary/aromatic N) is 1. The fraction of sp³-hybridized carbons (Fsp3) is 0.333. The molecule has 0 spiro atoms. The van der Waals surface area contributed by atoms with E-state index < -0.39 is 5.41 Å². The van der Waals surface area contributed by atoms with Gasteiger partial charge in [-0.2, -0.15) is 0 Å². The van der Waals surface area contributed by atoms with Crippen LogP contribution < -0.4 is 0 Å². The first-order valence-electron chi connectivity index (χ1n) is 5.34. The van der Waals surface area contributed by atoms with Gasteiger partial charge in [-0.1, -0.05) is 0 Å². The number of hydrogen-bond donors (Lipinski definition) is 1. The number of esters is 1. The molecule has 5 nitrogen and oxygen atoms in total. The molecule has 17 heavy (non-hydrogen) atoms. The average molecular weight is 233 g/mol. The molecule has 1 fully saturated rings. The first-order valence-corrected chi connectivity index (χ1v) is 5.34. The molecule has 0 unspecified atom stereocenters. The molecule has 5 heteroatoms. The van der Waals surface area contributed by atoms with Crippen molar-refractivity contribution in [2.45, 2.75) is 18.3 Å². The number of fused-ring (bicyclic) bond motifs is 1. The van der Waals surface area contributed by atoms with E-state index in [1.807, 2.05) is 0 Å². The number of aromatic nitrogens is 1. The van der Waals surface area contributed by atoms with Gasteiger partial charge >= 0.3 is 5.97 Å². The monoisotopic (exact) mass is 233 g/mol. The van der Waals surface area contributed by atoms with Crippen molar-refractivity contribution in [3.8, 4) is 5.75 Å². The molecule has 3 rings (SSSR count). The van der Waals surface area contributed by atoms with Crippen LogP contribution in [0.4, 0.5) is 0 Å². The summed E-state index contributed by atoms with van der Waals surface area (Å²) in [6.07, 6.45) is 1.39. The maximum Gasteiger partial charge on any atom is 0.321 e. The van der Waals surface area contributed by atoms with Gasteiger partial charge in [0.05, 0.1) is 7.11 Å². The number of carbonyl (C=O) groups excluding carboxylic acids is 1. The predicted molar refractivity (Wildman–Crippen MR) is 58.6 cm³/mol. The van der Waals surface area contributed by atoms with E-state index in [1.54, 1.807) is 6.07 Å². The minimum atomic E-state index is -0.705. The minimum absolute atomic E-state index is 0.125. The van der Waals surface area contributed by atoms with Gasteiger partial charge in [0, 0.05) is 6.07 Å². The zero-order chi connectivity index (χ0) is 12.0. The smallest absolute Gasteiger partial charge is 0.321 e. The fourth-order valence-electron chi connectivity index (χ4n) is 1.95. The Morgan fingerprint density at radius 2 is 2.29 bits per heavy atom. The van der Waals surface area contributed by atoms with E-state index in [2.05, 4.69) is 4.98 Å². The van der Waals surface area contributed by atoms with E-state index in [0.717, 1.165) is 0 Å². The molecule has 1 aromatic heterocycles. The first-order chi connectivity index (χ1) is 8.15. The number of hydrogen-bond acceptors (Lipinski definition) is 5. The van der Waals surface area contributed by atoms with Crippen molar-refractivity contribution < 1.29 is 19.1 Å². The highest BCUT2D eigenvalue weighted by atomic mass is 16.5. The van der Waals surface area contributed by atoms with Gasteiger partial charge in [-0.05, 0) is 25.0 Å². The molecule has 1 N–H and O–H groups in total. The average Bonchev–Trinajstić information content (AvgIpc) is 3.03. The summed E-state index contributed by atoms with van der Waals surface area (Å²) in [6, 6.07) is 4.67. The lowest BCUT2D eigenvalue weighted by Gasteiger charge is -2.06. The summed E-state index contributed by atoms with van der Waals surface area (Å²) in [4.78, 5) is 15.9. The number of methoxy groups -OCH3 is 1. The lowest BCUT2D eigenvalue weighted by molar-refractivity contribution is -0.144. The molecule has 0 amide bonds. The molecule has 0 bridgehead atoms. The van der Waals surface area contributed by atoms with Crippen LogP contribution in [0.2, 0.25) is 0 Å². The lowest BCUT2D eigenvalue weighted by Crippen LogP contribution is -2.22. The fourth-order valence-corrected chi connectivity index (χ4v) is 1.95. The molecule has 0 saturated heterocycles. The Balaban J connectivity index is 2.10. The van der Waals surface area contributed by atoms with Gasteiger partial charge < -0.3 is 14.3 Å². The van der Waals surface area contributed by atoms with Crippen molar-refractivity contribution >= 4 is 17.1 Å². The van der Waals surface area contributed by atoms with E-state index in [-0.39, 0.29) is 11.7 Å². The van der Waals surface area contributed by atoms with Crippen LogP contribution >= 0.6 is 0 Å². The molecule has 1 aromatic carbocycles. The summed E-state index contributed by atoms with van der Waals surface area (Å²) in [5.74, 6) is 0.193. The van der Waals surface area contributed by atoms with E-state index in [0.29, 0.717) is 29.8 Å². The summed E-state index contributed by atoms with van der Waals surface area (Å²) in [6.45, 7) is 0. The second-order valence-electron chi connectivity index (χ2n) is 4.24. The topological polar surface area (TPSA) is 72.6 Å². The number of aromatic hydroxyl groups is 1. The van der Waals surface area contributed by atoms with Crippen molar-refractivity contribution in [1.29, 1.82) is 0 Å². The van der Waals surface area contributed by atoms with Gasteiger partial charge in [0.15, 0.2) is 5.58 Å². The Labute approximate surface area is 97.0 Å². The number of phenolic OH excluding ortho intramolecular Hbond substituents is 1. The third-order valence-electron chi connectivity index (χ3n) is 3.11. The Bertz CT molecular complexity index is 598. The minimum Gasteiger partial charge on any atom is -0.508 e. The Hall–Kier alpha value is -2.04. The Morgan fingerprint density at radius 1 is 1.53 bits per heavy atom. The molecular weight excluding hydrogens is 222 g/mol. The SMILES string of the molecule is COC(=O)C1(c2nc3cc(O)ccc3o2)CC1. The van der Waals surface area contributed by atoms with E-state index in [1.165, 1.54) is 19.2 Å². The summed E-state index contributed by atoms with van der Waals surface area (Å²) >= 11 is 0. The molecule has 0 radical (unpaired) electrons. The van der Waals surface area contributed by atoms with Crippen LogP contribution in [0.5, 0.6) is 5.75 Å². The van der Waals surface area contributed by atoms with Gasteiger partial charge in [0.1, 0.15) is 16.7 Å². The van der Waals surface area contributed by atoms with Crippen molar-refractivity contribution in [1.82, 2.24) is 4.98 Å². The molecule has 1 aliphatic rings. The van der Waals surface area contributed by atoms with E-state index in [4.69, 9.17) is 9.15 Å². The van der Waals surface area contributed by atoms with Crippen LogP contribution in [0, 0.1) is 0 Å². The number of benzene rings is 1. The number of carbonyl (C=O) groups is 1. The van der Waals surface area contributed by atoms with Crippen LogP contribution in [0.3, 0.4) is 0 Å². The van der Waals surface area contributed by atoms with Crippen molar-refractivity contribution in [3.63, 3.8) is 0 Å². The number of rotatable bonds is 2. The molecule has 2 aromatic rings. The second kappa shape index (κ2) is 3.23. The molecule has 0 aliphatic heterocycles. The lowest BCUT2D eigenvalue weighted by atomic mass is 10.1. The summed E-state index contributed by atoms with van der Waals surface area (Å²) in [5, 5.41) is 9.34. The standard InChI is InChI=1S/C12H11NO4/c1-16-11(15)12(4-5-12)10-13-8-6-7(14)2-3-9(8)17-10/h2-3,6,14H,4-5H2,1H3. The maximum absolute atomic E-state index is 11.7. The van der Waals surface area contributed by atoms with Crippen LogP contribution in [-0.4, -0.2) is 23.2 Å². The quantitative estimate of drug-likeness (QED) is 0.800. The van der Waals surface area contributed by atoms with Crippen LogP contribution in [-0.2, 0) is 14.9 Å². The van der Waals surface area contributed by atoms with Crippen LogP contribution in [0.25, 0.3) is 11.1 Å². The van der Waals surface area contributed by atoms with Gasteiger partial charge in [0.25, 0.3) is 0 Å². The Kier molecular flexibility index (Phi) is 1.92. The second-order valence-corrected chi connectivity index (χ2v) is 4.24. The van der Waals surface area contributed by atoms with Gasteiger partial charge in [-0.15, -0.1) is 0 Å². The third kappa shape index (κ3) is 1.39. The highest BCUT2D eigenvalue weighted by Crippen LogP contribution is 2.49. The molecular formula is C12H11NO4. The van der Waals surface area contributed by atoms with Crippen molar-refractivity contribution in [2.24, 2.45) is 0 Å². The molecule has 1 aliphatic carbocycles. The number of ether oxygens (including phenoxy) is 1. The predicted octanol–water partition coefficient (Wildman–Crippen LogP) is 1.74. The van der Waals surface area contributed by atoms with E-state index in [9.17, 15) is 9.90 Å². The molecule has 0 atom stereocenters. The Morgan fingerprint density at radius 3 is 2.94 bits per heavy atom. The first kappa shape index (κ1) is 10.1.